The summed E-state index contributed by atoms with van der Waals surface area (Å²) in [5.74, 6) is -1.24. The summed E-state index contributed by atoms with van der Waals surface area (Å²) in [5.41, 5.74) is 3.10. The molecule has 0 N–H and O–H groups in total. The first kappa shape index (κ1) is 21.4. The van der Waals surface area contributed by atoms with Crippen LogP contribution in [0.5, 0.6) is 0 Å². The Labute approximate surface area is 205 Å². The van der Waals surface area contributed by atoms with Crippen LogP contribution in [-0.2, 0) is 26.8 Å². The SMILES string of the molecule is COC(=O)[C@@H]1C2=Cc3ccccc3C(C#N)(C#N)C23c2ccccc2CC[C@@H]3[C@H]1c1ccccc1. The minimum absolute atomic E-state index is 0.122. The fourth-order valence-electron chi connectivity index (χ4n) is 7.41. The van der Waals surface area contributed by atoms with Gasteiger partial charge in [0.25, 0.3) is 0 Å². The molecule has 3 aliphatic rings. The van der Waals surface area contributed by atoms with E-state index in [0.29, 0.717) is 5.56 Å². The molecule has 3 aliphatic carbocycles. The zero-order valence-corrected chi connectivity index (χ0v) is 19.4. The van der Waals surface area contributed by atoms with Crippen molar-refractivity contribution in [3.05, 3.63) is 112 Å². The van der Waals surface area contributed by atoms with Gasteiger partial charge in [-0.05, 0) is 52.1 Å². The molecule has 0 heterocycles. The average Bonchev–Trinajstić information content (AvgIpc) is 3.23. The van der Waals surface area contributed by atoms with E-state index < -0.39 is 16.7 Å². The Morgan fingerprint density at radius 1 is 0.914 bits per heavy atom. The summed E-state index contributed by atoms with van der Waals surface area (Å²) in [5, 5.41) is 21.8. The highest BCUT2D eigenvalue weighted by molar-refractivity contribution is 5.87. The average molecular weight is 457 g/mol. The minimum Gasteiger partial charge on any atom is -0.469 e. The Morgan fingerprint density at radius 3 is 2.29 bits per heavy atom. The molecule has 0 aliphatic heterocycles. The van der Waals surface area contributed by atoms with E-state index in [2.05, 4.69) is 42.5 Å². The van der Waals surface area contributed by atoms with E-state index in [1.807, 2.05) is 54.6 Å². The van der Waals surface area contributed by atoms with Crippen LogP contribution in [0.25, 0.3) is 6.08 Å². The second-order valence-corrected chi connectivity index (χ2v) is 9.71. The fourth-order valence-corrected chi connectivity index (χ4v) is 7.41. The van der Waals surface area contributed by atoms with Crippen LogP contribution in [0.4, 0.5) is 0 Å². The smallest absolute Gasteiger partial charge is 0.313 e. The maximum atomic E-state index is 13.6. The van der Waals surface area contributed by atoms with Crippen LogP contribution in [-0.4, -0.2) is 13.1 Å². The Bertz CT molecular complexity index is 1450. The fraction of sp³-hybridized carbons (Fsp3) is 0.258. The van der Waals surface area contributed by atoms with Crippen LogP contribution >= 0.6 is 0 Å². The van der Waals surface area contributed by atoms with Gasteiger partial charge in [0.2, 0.25) is 0 Å². The van der Waals surface area contributed by atoms with Crippen molar-refractivity contribution in [2.75, 3.05) is 7.11 Å². The van der Waals surface area contributed by atoms with E-state index in [1.165, 1.54) is 7.11 Å². The first-order valence-corrected chi connectivity index (χ1v) is 12.0. The molecule has 4 atom stereocenters. The summed E-state index contributed by atoms with van der Waals surface area (Å²) in [6.07, 6.45) is 3.68. The zero-order chi connectivity index (χ0) is 24.2. The van der Waals surface area contributed by atoms with Crippen molar-refractivity contribution in [2.24, 2.45) is 11.8 Å². The number of fused-ring (bicyclic) bond motifs is 2. The van der Waals surface area contributed by atoms with Crippen LogP contribution in [0.1, 0.15) is 40.2 Å². The molecule has 4 heteroatoms. The summed E-state index contributed by atoms with van der Waals surface area (Å²) < 4.78 is 5.40. The highest BCUT2D eigenvalue weighted by Gasteiger charge is 2.72. The van der Waals surface area contributed by atoms with E-state index in [9.17, 15) is 15.3 Å². The van der Waals surface area contributed by atoms with Gasteiger partial charge in [-0.3, -0.25) is 4.79 Å². The van der Waals surface area contributed by atoms with Crippen molar-refractivity contribution in [1.29, 1.82) is 10.5 Å². The van der Waals surface area contributed by atoms with E-state index >= 15 is 0 Å². The first-order valence-electron chi connectivity index (χ1n) is 12.0. The monoisotopic (exact) mass is 456 g/mol. The van der Waals surface area contributed by atoms with Crippen LogP contribution in [0.3, 0.4) is 0 Å². The van der Waals surface area contributed by atoms with Gasteiger partial charge in [-0.2, -0.15) is 10.5 Å². The molecular weight excluding hydrogens is 432 g/mol. The van der Waals surface area contributed by atoms with Gasteiger partial charge >= 0.3 is 5.97 Å². The molecule has 0 saturated heterocycles. The second-order valence-electron chi connectivity index (χ2n) is 9.71. The Balaban J connectivity index is 1.80. The van der Waals surface area contributed by atoms with Gasteiger partial charge < -0.3 is 4.74 Å². The summed E-state index contributed by atoms with van der Waals surface area (Å²) in [7, 11) is 1.42. The molecule has 3 aromatic rings. The molecule has 6 rings (SSSR count). The predicted molar refractivity (Wildman–Crippen MR) is 132 cm³/mol. The lowest BCUT2D eigenvalue weighted by Crippen LogP contribution is -2.55. The number of esters is 1. The number of benzene rings is 3. The van der Waals surface area contributed by atoms with Crippen LogP contribution < -0.4 is 0 Å². The van der Waals surface area contributed by atoms with Crippen molar-refractivity contribution in [2.45, 2.75) is 29.6 Å². The zero-order valence-electron chi connectivity index (χ0n) is 19.4. The van der Waals surface area contributed by atoms with Crippen molar-refractivity contribution in [1.82, 2.24) is 0 Å². The molecule has 1 spiro atoms. The van der Waals surface area contributed by atoms with Gasteiger partial charge in [0, 0.05) is 5.92 Å². The Morgan fingerprint density at radius 2 is 1.57 bits per heavy atom. The van der Waals surface area contributed by atoms with Gasteiger partial charge in [0.15, 0.2) is 5.41 Å². The molecule has 0 bridgehead atoms. The number of hydrogen-bond donors (Lipinski definition) is 0. The Kier molecular flexibility index (Phi) is 4.70. The van der Waals surface area contributed by atoms with Crippen molar-refractivity contribution in [3.63, 3.8) is 0 Å². The molecule has 1 fully saturated rings. The van der Waals surface area contributed by atoms with Crippen molar-refractivity contribution >= 4 is 12.0 Å². The lowest BCUT2D eigenvalue weighted by molar-refractivity contribution is -0.144. The standard InChI is InChI=1S/C31H24N2O2/c1-35-29(34)28-26-17-22-12-6-7-13-23(22)30(18-32,19-33)31(26)24-14-8-5-9-20(24)15-16-25(31)27(28)21-10-3-2-4-11-21/h2-14,17,25,27-28H,15-16H2,1H3/t25-,27-,28-,31?/m1/s1. The summed E-state index contributed by atoms with van der Waals surface area (Å²) in [6, 6.07) is 30.9. The van der Waals surface area contributed by atoms with Gasteiger partial charge in [0.1, 0.15) is 0 Å². The normalized spacial score (nSPS) is 27.1. The number of nitriles is 2. The highest BCUT2D eigenvalue weighted by Crippen LogP contribution is 2.71. The number of ether oxygens (including phenoxy) is 1. The molecule has 0 amide bonds. The van der Waals surface area contributed by atoms with Crippen LogP contribution in [0.2, 0.25) is 0 Å². The molecule has 1 saturated carbocycles. The maximum absolute atomic E-state index is 13.6. The van der Waals surface area contributed by atoms with E-state index in [1.54, 1.807) is 0 Å². The molecule has 0 aromatic heterocycles. The molecule has 35 heavy (non-hydrogen) atoms. The third-order valence-electron chi connectivity index (χ3n) is 8.55. The van der Waals surface area contributed by atoms with Gasteiger partial charge in [-0.1, -0.05) is 84.9 Å². The van der Waals surface area contributed by atoms with Crippen molar-refractivity contribution in [3.8, 4) is 12.1 Å². The lowest BCUT2D eigenvalue weighted by Gasteiger charge is -2.52. The molecule has 0 radical (unpaired) electrons. The lowest BCUT2D eigenvalue weighted by atomic mass is 9.46. The van der Waals surface area contributed by atoms with Gasteiger partial charge in [-0.15, -0.1) is 0 Å². The topological polar surface area (TPSA) is 73.9 Å². The summed E-state index contributed by atoms with van der Waals surface area (Å²) in [6.45, 7) is 0. The second kappa shape index (κ2) is 7.69. The number of rotatable bonds is 2. The molecule has 1 unspecified atom stereocenters. The van der Waals surface area contributed by atoms with E-state index in [-0.39, 0.29) is 17.8 Å². The number of nitrogens with zero attached hydrogens (tertiary/aromatic N) is 2. The molecule has 3 aromatic carbocycles. The number of carbonyl (C=O) groups excluding carboxylic acids is 1. The summed E-state index contributed by atoms with van der Waals surface area (Å²) in [4.78, 5) is 13.6. The summed E-state index contributed by atoms with van der Waals surface area (Å²) >= 11 is 0. The van der Waals surface area contributed by atoms with Gasteiger partial charge in [-0.25, -0.2) is 0 Å². The molecule has 170 valence electrons. The highest BCUT2D eigenvalue weighted by atomic mass is 16.5. The van der Waals surface area contributed by atoms with E-state index in [4.69, 9.17) is 4.74 Å². The number of methoxy groups -OCH3 is 1. The maximum Gasteiger partial charge on any atom is 0.313 e. The predicted octanol–water partition coefficient (Wildman–Crippen LogP) is 5.46. The number of aryl methyl sites for hydroxylation is 1. The number of hydrogen-bond acceptors (Lipinski definition) is 4. The van der Waals surface area contributed by atoms with Crippen LogP contribution in [0, 0.1) is 34.5 Å². The quantitative estimate of drug-likeness (QED) is 0.480. The Hall–Kier alpha value is -4.15. The van der Waals surface area contributed by atoms with Crippen molar-refractivity contribution < 1.29 is 9.53 Å². The third kappa shape index (κ3) is 2.52. The van der Waals surface area contributed by atoms with E-state index in [0.717, 1.165) is 40.7 Å². The molecular formula is C31H24N2O2. The third-order valence-corrected chi connectivity index (χ3v) is 8.55. The number of carbonyl (C=O) groups is 1. The first-order chi connectivity index (χ1) is 17.1. The molecule has 4 nitrogen and oxygen atoms in total. The van der Waals surface area contributed by atoms with Crippen LogP contribution in [0.15, 0.2) is 84.4 Å². The van der Waals surface area contributed by atoms with Gasteiger partial charge in [0.05, 0.1) is 30.6 Å². The largest absolute Gasteiger partial charge is 0.469 e. The minimum atomic E-state index is -1.48.